The van der Waals surface area contributed by atoms with Crippen molar-refractivity contribution in [3.8, 4) is 0 Å². The average Bonchev–Trinajstić information content (AvgIpc) is 2.34. The second kappa shape index (κ2) is 5.45. The van der Waals surface area contributed by atoms with E-state index in [0.717, 1.165) is 4.47 Å². The molecule has 1 heterocycles. The van der Waals surface area contributed by atoms with E-state index >= 15 is 0 Å². The summed E-state index contributed by atoms with van der Waals surface area (Å²) < 4.78 is 0.814. The van der Waals surface area contributed by atoms with Crippen molar-refractivity contribution in [2.45, 2.75) is 6.10 Å². The maximum absolute atomic E-state index is 10.3. The largest absolute Gasteiger partial charge is 0.383 e. The van der Waals surface area contributed by atoms with Gasteiger partial charge in [0, 0.05) is 26.8 Å². The fourth-order valence-electron chi connectivity index (χ4n) is 1.58. The van der Waals surface area contributed by atoms with Crippen molar-refractivity contribution in [2.75, 3.05) is 5.73 Å². The summed E-state index contributed by atoms with van der Waals surface area (Å²) in [5, 5.41) is 11.2. The number of aliphatic hydroxyl groups excluding tert-OH is 1. The second-order valence-electron chi connectivity index (χ2n) is 3.70. The van der Waals surface area contributed by atoms with Crippen molar-refractivity contribution in [1.82, 2.24) is 4.98 Å². The van der Waals surface area contributed by atoms with Gasteiger partial charge in [-0.3, -0.25) is 0 Å². The van der Waals surface area contributed by atoms with Gasteiger partial charge in [-0.25, -0.2) is 4.98 Å². The van der Waals surface area contributed by atoms with Gasteiger partial charge in [-0.15, -0.1) is 0 Å². The van der Waals surface area contributed by atoms with Crippen molar-refractivity contribution >= 4 is 44.9 Å². The van der Waals surface area contributed by atoms with E-state index in [-0.39, 0.29) is 5.82 Å². The van der Waals surface area contributed by atoms with Crippen molar-refractivity contribution in [3.05, 3.63) is 56.1 Å². The number of nitrogen functional groups attached to an aromatic ring is 1. The lowest BCUT2D eigenvalue weighted by Crippen LogP contribution is -2.06. The highest BCUT2D eigenvalue weighted by Gasteiger charge is 2.18. The Kier molecular flexibility index (Phi) is 4.12. The third kappa shape index (κ3) is 2.78. The maximum Gasteiger partial charge on any atom is 0.129 e. The second-order valence-corrected chi connectivity index (χ2v) is 5.46. The molecule has 3 nitrogen and oxygen atoms in total. The van der Waals surface area contributed by atoms with Gasteiger partial charge in [0.1, 0.15) is 11.9 Å². The number of anilines is 1. The Bertz CT molecular complexity index is 541. The van der Waals surface area contributed by atoms with Crippen molar-refractivity contribution in [2.24, 2.45) is 0 Å². The zero-order chi connectivity index (χ0) is 13.3. The van der Waals surface area contributed by atoms with Crippen LogP contribution >= 0.6 is 39.1 Å². The van der Waals surface area contributed by atoms with Crippen molar-refractivity contribution in [3.63, 3.8) is 0 Å². The molecule has 0 aliphatic rings. The topological polar surface area (TPSA) is 59.1 Å². The SMILES string of the molecule is Nc1ncc(Cl)cc1C(O)c1cc(Br)ccc1Cl. The van der Waals surface area contributed by atoms with Gasteiger partial charge in [0.25, 0.3) is 0 Å². The summed E-state index contributed by atoms with van der Waals surface area (Å²) in [6.45, 7) is 0. The molecule has 0 aliphatic carbocycles. The summed E-state index contributed by atoms with van der Waals surface area (Å²) in [5.41, 5.74) is 6.71. The van der Waals surface area contributed by atoms with E-state index in [4.69, 9.17) is 28.9 Å². The molecule has 94 valence electrons. The van der Waals surface area contributed by atoms with Gasteiger partial charge in [0.15, 0.2) is 0 Å². The summed E-state index contributed by atoms with van der Waals surface area (Å²) in [7, 11) is 0. The van der Waals surface area contributed by atoms with Crippen LogP contribution in [0.1, 0.15) is 17.2 Å². The Morgan fingerprint density at radius 1 is 1.22 bits per heavy atom. The number of halogens is 3. The van der Waals surface area contributed by atoms with Gasteiger partial charge in [-0.1, -0.05) is 39.1 Å². The van der Waals surface area contributed by atoms with Crippen molar-refractivity contribution < 1.29 is 5.11 Å². The number of hydrogen-bond acceptors (Lipinski definition) is 3. The Morgan fingerprint density at radius 3 is 2.67 bits per heavy atom. The summed E-state index contributed by atoms with van der Waals surface area (Å²) >= 11 is 15.2. The molecule has 0 fully saturated rings. The number of aliphatic hydroxyl groups is 1. The van der Waals surface area contributed by atoms with Gasteiger partial charge in [0.05, 0.1) is 5.02 Å². The Balaban J connectivity index is 2.50. The van der Waals surface area contributed by atoms with Gasteiger partial charge < -0.3 is 10.8 Å². The maximum atomic E-state index is 10.3. The minimum Gasteiger partial charge on any atom is -0.383 e. The first kappa shape index (κ1) is 13.6. The van der Waals surface area contributed by atoms with Crippen LogP contribution in [0.4, 0.5) is 5.82 Å². The van der Waals surface area contributed by atoms with E-state index in [9.17, 15) is 5.11 Å². The first-order chi connectivity index (χ1) is 8.49. The summed E-state index contributed by atoms with van der Waals surface area (Å²) in [5.74, 6) is 0.225. The van der Waals surface area contributed by atoms with Crippen LogP contribution in [0.3, 0.4) is 0 Å². The number of rotatable bonds is 2. The first-order valence-electron chi connectivity index (χ1n) is 5.03. The molecule has 2 rings (SSSR count). The number of aromatic nitrogens is 1. The van der Waals surface area contributed by atoms with Gasteiger partial charge in [0.2, 0.25) is 0 Å². The molecule has 18 heavy (non-hydrogen) atoms. The van der Waals surface area contributed by atoms with E-state index in [2.05, 4.69) is 20.9 Å². The zero-order valence-electron chi connectivity index (χ0n) is 9.07. The number of nitrogens with two attached hydrogens (primary N) is 1. The fourth-order valence-corrected chi connectivity index (χ4v) is 2.34. The molecule has 0 amide bonds. The van der Waals surface area contributed by atoms with Gasteiger partial charge in [-0.05, 0) is 24.3 Å². The van der Waals surface area contributed by atoms with Crippen LogP contribution in [0.15, 0.2) is 34.9 Å². The molecular weight excluding hydrogens is 339 g/mol. The molecule has 1 atom stereocenters. The van der Waals surface area contributed by atoms with E-state index in [1.54, 1.807) is 24.3 Å². The predicted octanol–water partition coefficient (Wildman–Crippen LogP) is 3.81. The Labute approximate surface area is 123 Å². The molecule has 1 aromatic carbocycles. The standard InChI is InChI=1S/C12H9BrCl2N2O/c13-6-1-2-10(15)8(3-6)11(18)9-4-7(14)5-17-12(9)16/h1-5,11,18H,(H2,16,17). The molecule has 0 radical (unpaired) electrons. The van der Waals surface area contributed by atoms with Crippen LogP contribution in [0.2, 0.25) is 10.0 Å². The molecule has 0 aliphatic heterocycles. The number of nitrogens with zero attached hydrogens (tertiary/aromatic N) is 1. The van der Waals surface area contributed by atoms with E-state index in [1.807, 2.05) is 0 Å². The molecule has 0 bridgehead atoms. The molecule has 2 aromatic rings. The van der Waals surface area contributed by atoms with Crippen LogP contribution in [0.5, 0.6) is 0 Å². The van der Waals surface area contributed by atoms with E-state index in [0.29, 0.717) is 21.2 Å². The molecule has 1 unspecified atom stereocenters. The highest BCUT2D eigenvalue weighted by atomic mass is 79.9. The van der Waals surface area contributed by atoms with Crippen LogP contribution < -0.4 is 5.73 Å². The number of hydrogen-bond donors (Lipinski definition) is 2. The number of pyridine rings is 1. The predicted molar refractivity (Wildman–Crippen MR) is 76.9 cm³/mol. The van der Waals surface area contributed by atoms with E-state index < -0.39 is 6.10 Å². The quantitative estimate of drug-likeness (QED) is 0.868. The molecule has 3 N–H and O–H groups in total. The Hall–Kier alpha value is -0.810. The molecule has 1 aromatic heterocycles. The summed E-state index contributed by atoms with van der Waals surface area (Å²) in [6.07, 6.45) is 0.455. The smallest absolute Gasteiger partial charge is 0.129 e. The monoisotopic (exact) mass is 346 g/mol. The lowest BCUT2D eigenvalue weighted by atomic mass is 10.0. The van der Waals surface area contributed by atoms with Gasteiger partial charge >= 0.3 is 0 Å². The highest BCUT2D eigenvalue weighted by Crippen LogP contribution is 2.33. The number of benzene rings is 1. The van der Waals surface area contributed by atoms with Crippen LogP contribution in [0, 0.1) is 0 Å². The fraction of sp³-hybridized carbons (Fsp3) is 0.0833. The van der Waals surface area contributed by atoms with Crippen LogP contribution in [-0.2, 0) is 0 Å². The molecule has 0 saturated heterocycles. The Morgan fingerprint density at radius 2 is 1.94 bits per heavy atom. The minimum atomic E-state index is -0.971. The first-order valence-corrected chi connectivity index (χ1v) is 6.58. The highest BCUT2D eigenvalue weighted by molar-refractivity contribution is 9.10. The third-order valence-corrected chi connectivity index (χ3v) is 3.51. The van der Waals surface area contributed by atoms with Crippen LogP contribution in [0.25, 0.3) is 0 Å². The van der Waals surface area contributed by atoms with Crippen LogP contribution in [-0.4, -0.2) is 10.1 Å². The van der Waals surface area contributed by atoms with E-state index in [1.165, 1.54) is 6.20 Å². The average molecular weight is 348 g/mol. The zero-order valence-corrected chi connectivity index (χ0v) is 12.2. The normalized spacial score (nSPS) is 12.4. The molecule has 6 heteroatoms. The summed E-state index contributed by atoms with van der Waals surface area (Å²) in [6, 6.07) is 6.79. The summed E-state index contributed by atoms with van der Waals surface area (Å²) in [4.78, 5) is 3.91. The van der Waals surface area contributed by atoms with Crippen molar-refractivity contribution in [1.29, 1.82) is 0 Å². The molecular formula is C12H9BrCl2N2O. The lowest BCUT2D eigenvalue weighted by Gasteiger charge is -2.15. The lowest BCUT2D eigenvalue weighted by molar-refractivity contribution is 0.221. The molecule has 0 spiro atoms. The van der Waals surface area contributed by atoms with Gasteiger partial charge in [-0.2, -0.15) is 0 Å². The molecule has 0 saturated carbocycles. The third-order valence-electron chi connectivity index (χ3n) is 2.46. The minimum absolute atomic E-state index is 0.225.